The average Bonchev–Trinajstić information content (AvgIpc) is 3.11. The van der Waals surface area contributed by atoms with Crippen LogP contribution in [0.15, 0.2) is 72.8 Å². The van der Waals surface area contributed by atoms with Gasteiger partial charge in [-0.2, -0.15) is 0 Å². The van der Waals surface area contributed by atoms with E-state index in [0.29, 0.717) is 16.7 Å². The first kappa shape index (κ1) is 35.9. The van der Waals surface area contributed by atoms with Crippen LogP contribution in [0.25, 0.3) is 0 Å². The maximum atomic E-state index is 13.0. The number of ether oxygens (including phenoxy) is 4. The molecule has 15 heteroatoms. The summed E-state index contributed by atoms with van der Waals surface area (Å²) in [6.45, 7) is -1.62. The smallest absolute Gasteiger partial charge is 0.255 e. The molecule has 2 fully saturated rings. The summed E-state index contributed by atoms with van der Waals surface area (Å²) >= 11 is 6.32. The van der Waals surface area contributed by atoms with Gasteiger partial charge in [0.05, 0.1) is 30.5 Å². The lowest BCUT2D eigenvalue weighted by atomic mass is 9.97. The number of halogens is 1. The molecular formula is C33H36ClNO13. The van der Waals surface area contributed by atoms with Crippen LogP contribution in [-0.4, -0.2) is 122 Å². The Bertz CT molecular complexity index is 1540. The molecule has 0 aromatic heterocycles. The molecule has 1 amide bonds. The van der Waals surface area contributed by atoms with E-state index in [1.807, 2.05) is 6.07 Å². The van der Waals surface area contributed by atoms with Gasteiger partial charge in [0.2, 0.25) is 0 Å². The zero-order valence-corrected chi connectivity index (χ0v) is 26.0. The zero-order chi connectivity index (χ0) is 34.5. The van der Waals surface area contributed by atoms with E-state index in [4.69, 9.17) is 30.5 Å². The highest BCUT2D eigenvalue weighted by Crippen LogP contribution is 2.31. The molecule has 2 aliphatic rings. The van der Waals surface area contributed by atoms with E-state index in [0.717, 1.165) is 0 Å². The number of ketones is 1. The number of hydrogen-bond acceptors (Lipinski definition) is 13. The van der Waals surface area contributed by atoms with Crippen molar-refractivity contribution >= 4 is 29.0 Å². The molecule has 0 bridgehead atoms. The number of aliphatic hydroxyl groups excluding tert-OH is 7. The summed E-state index contributed by atoms with van der Waals surface area (Å²) in [6.07, 6.45) is -15.8. The quantitative estimate of drug-likeness (QED) is 0.124. The van der Waals surface area contributed by atoms with Gasteiger partial charge in [0.15, 0.2) is 18.4 Å². The van der Waals surface area contributed by atoms with Crippen molar-refractivity contribution in [1.82, 2.24) is 0 Å². The maximum Gasteiger partial charge on any atom is 0.255 e. The maximum absolute atomic E-state index is 13.0. The minimum Gasteiger partial charge on any atom is -0.394 e. The molecule has 0 aliphatic carbocycles. The van der Waals surface area contributed by atoms with Gasteiger partial charge in [0, 0.05) is 16.7 Å². The molecule has 5 rings (SSSR count). The second kappa shape index (κ2) is 15.9. The summed E-state index contributed by atoms with van der Waals surface area (Å²) in [7, 11) is 0. The standard InChI is InChI=1S/C33H36ClNO13/c34-20-11-6-16(12-21(20)35-31(44)19-9-7-18(8-10-19)24(38)17-4-2-1-3-5-17)15-45-32-29(43)27(41)30(23(14-37)47-32)48-33-28(42)26(40)25(39)22(13-36)46-33/h1-12,22-23,25-30,32-33,36-37,39-43H,13-15H2,(H,35,44). The number of amides is 1. The summed E-state index contributed by atoms with van der Waals surface area (Å²) in [5, 5.41) is 74.2. The Morgan fingerprint density at radius 1 is 0.708 bits per heavy atom. The van der Waals surface area contributed by atoms with Crippen molar-refractivity contribution in [2.24, 2.45) is 0 Å². The third kappa shape index (κ3) is 7.92. The SMILES string of the molecule is O=C(Nc1cc(COC2OC(CO)C(OC3OC(CO)C(O)C(O)C3O)C(O)C2O)ccc1Cl)c1ccc(C(=O)c2ccccc2)cc1. The van der Waals surface area contributed by atoms with Crippen molar-refractivity contribution < 1.29 is 64.3 Å². The average molecular weight is 690 g/mol. The van der Waals surface area contributed by atoms with Gasteiger partial charge in [-0.05, 0) is 29.8 Å². The number of benzene rings is 3. The van der Waals surface area contributed by atoms with Gasteiger partial charge in [0.1, 0.15) is 48.8 Å². The first-order valence-corrected chi connectivity index (χ1v) is 15.4. The van der Waals surface area contributed by atoms with Crippen LogP contribution in [-0.2, 0) is 25.6 Å². The molecule has 48 heavy (non-hydrogen) atoms. The normalized spacial score (nSPS) is 30.5. The van der Waals surface area contributed by atoms with Crippen molar-refractivity contribution in [2.75, 3.05) is 18.5 Å². The number of nitrogens with one attached hydrogen (secondary N) is 1. The molecule has 0 radical (unpaired) electrons. The molecule has 2 saturated heterocycles. The fraction of sp³-hybridized carbons (Fsp3) is 0.394. The zero-order valence-electron chi connectivity index (χ0n) is 25.3. The lowest BCUT2D eigenvalue weighted by molar-refractivity contribution is -0.360. The predicted molar refractivity (Wildman–Crippen MR) is 167 cm³/mol. The molecule has 2 heterocycles. The van der Waals surface area contributed by atoms with Crippen LogP contribution < -0.4 is 5.32 Å². The van der Waals surface area contributed by atoms with E-state index in [1.54, 1.807) is 42.5 Å². The van der Waals surface area contributed by atoms with Crippen LogP contribution in [0.2, 0.25) is 5.02 Å². The molecular weight excluding hydrogens is 654 g/mol. The van der Waals surface area contributed by atoms with Crippen molar-refractivity contribution in [1.29, 1.82) is 0 Å². The number of rotatable bonds is 11. The molecule has 3 aromatic rings. The Balaban J connectivity index is 1.19. The van der Waals surface area contributed by atoms with Crippen LogP contribution >= 0.6 is 11.6 Å². The summed E-state index contributed by atoms with van der Waals surface area (Å²) in [4.78, 5) is 25.7. The fourth-order valence-electron chi connectivity index (χ4n) is 5.35. The predicted octanol–water partition coefficient (Wildman–Crippen LogP) is -0.0360. The molecule has 14 nitrogen and oxygen atoms in total. The Labute approximate surface area is 279 Å². The summed E-state index contributed by atoms with van der Waals surface area (Å²) < 4.78 is 22.2. The minimum absolute atomic E-state index is 0.181. The van der Waals surface area contributed by atoms with E-state index in [-0.39, 0.29) is 28.7 Å². The molecule has 2 aliphatic heterocycles. The molecule has 0 saturated carbocycles. The second-order valence-corrected chi connectivity index (χ2v) is 11.8. The monoisotopic (exact) mass is 689 g/mol. The van der Waals surface area contributed by atoms with Crippen LogP contribution in [0.1, 0.15) is 31.8 Å². The van der Waals surface area contributed by atoms with Crippen molar-refractivity contribution in [3.63, 3.8) is 0 Å². The van der Waals surface area contributed by atoms with E-state index >= 15 is 0 Å². The summed E-state index contributed by atoms with van der Waals surface area (Å²) in [5.74, 6) is -0.667. The molecule has 8 N–H and O–H groups in total. The van der Waals surface area contributed by atoms with Gasteiger partial charge in [0.25, 0.3) is 5.91 Å². The largest absolute Gasteiger partial charge is 0.394 e. The summed E-state index contributed by atoms with van der Waals surface area (Å²) in [6, 6.07) is 19.5. The highest BCUT2D eigenvalue weighted by molar-refractivity contribution is 6.34. The Hall–Kier alpha value is -3.35. The van der Waals surface area contributed by atoms with E-state index < -0.39 is 80.5 Å². The van der Waals surface area contributed by atoms with Crippen LogP contribution in [0.4, 0.5) is 5.69 Å². The first-order valence-electron chi connectivity index (χ1n) is 15.0. The number of carbonyl (C=O) groups is 2. The Kier molecular flexibility index (Phi) is 11.9. The highest BCUT2D eigenvalue weighted by Gasteiger charge is 2.50. The lowest BCUT2D eigenvalue weighted by Crippen LogP contribution is -2.64. The number of aliphatic hydroxyl groups is 7. The van der Waals surface area contributed by atoms with E-state index in [9.17, 15) is 45.3 Å². The number of anilines is 1. The van der Waals surface area contributed by atoms with Crippen LogP contribution in [0, 0.1) is 0 Å². The first-order chi connectivity index (χ1) is 23.0. The van der Waals surface area contributed by atoms with Gasteiger partial charge in [-0.15, -0.1) is 0 Å². The third-order valence-electron chi connectivity index (χ3n) is 8.10. The minimum atomic E-state index is -1.79. The van der Waals surface area contributed by atoms with Crippen molar-refractivity contribution in [3.8, 4) is 0 Å². The molecule has 0 spiro atoms. The molecule has 3 aromatic carbocycles. The van der Waals surface area contributed by atoms with Gasteiger partial charge >= 0.3 is 0 Å². The summed E-state index contributed by atoms with van der Waals surface area (Å²) in [5.41, 5.74) is 1.96. The van der Waals surface area contributed by atoms with Gasteiger partial charge in [-0.1, -0.05) is 60.1 Å². The Morgan fingerprint density at radius 3 is 1.98 bits per heavy atom. The van der Waals surface area contributed by atoms with Gasteiger partial charge in [-0.3, -0.25) is 9.59 Å². The highest BCUT2D eigenvalue weighted by atomic mass is 35.5. The molecule has 10 unspecified atom stereocenters. The number of hydrogen-bond donors (Lipinski definition) is 8. The topological polar surface area (TPSA) is 225 Å². The van der Waals surface area contributed by atoms with Gasteiger partial charge < -0.3 is 60.0 Å². The second-order valence-electron chi connectivity index (χ2n) is 11.4. The number of carbonyl (C=O) groups excluding carboxylic acids is 2. The molecule has 258 valence electrons. The van der Waals surface area contributed by atoms with Gasteiger partial charge in [-0.25, -0.2) is 0 Å². The van der Waals surface area contributed by atoms with Crippen LogP contribution in [0.3, 0.4) is 0 Å². The fourth-order valence-corrected chi connectivity index (χ4v) is 5.52. The lowest BCUT2D eigenvalue weighted by Gasteiger charge is -2.45. The molecule has 10 atom stereocenters. The van der Waals surface area contributed by atoms with Crippen LogP contribution in [0.5, 0.6) is 0 Å². The van der Waals surface area contributed by atoms with E-state index in [2.05, 4.69) is 5.32 Å². The van der Waals surface area contributed by atoms with Crippen molar-refractivity contribution in [3.05, 3.63) is 100 Å². The Morgan fingerprint density at radius 2 is 1.31 bits per heavy atom. The third-order valence-corrected chi connectivity index (χ3v) is 8.43. The van der Waals surface area contributed by atoms with E-state index in [1.165, 1.54) is 24.3 Å². The van der Waals surface area contributed by atoms with Crippen molar-refractivity contribution in [2.45, 2.75) is 68.0 Å².